The topological polar surface area (TPSA) is 86.8 Å². The minimum absolute atomic E-state index is 0.00958. The van der Waals surface area contributed by atoms with Crippen LogP contribution in [0.2, 0.25) is 5.02 Å². The number of amides is 2. The maximum atomic E-state index is 13.2. The molecule has 0 saturated carbocycles. The second-order valence-corrected chi connectivity index (χ2v) is 10.8. The molecule has 7 nitrogen and oxygen atoms in total. The lowest BCUT2D eigenvalue weighted by atomic mass is 9.97. The van der Waals surface area contributed by atoms with Gasteiger partial charge in [0.25, 0.3) is 0 Å². The minimum atomic E-state index is -3.67. The smallest absolute Gasteiger partial charge is 0.243 e. The van der Waals surface area contributed by atoms with Crippen LogP contribution in [0.25, 0.3) is 0 Å². The van der Waals surface area contributed by atoms with Crippen LogP contribution < -0.4 is 10.2 Å². The third-order valence-electron chi connectivity index (χ3n) is 6.18. The van der Waals surface area contributed by atoms with Crippen molar-refractivity contribution in [2.45, 2.75) is 44.0 Å². The van der Waals surface area contributed by atoms with Crippen LogP contribution in [0, 0.1) is 5.92 Å². The van der Waals surface area contributed by atoms with Crippen LogP contribution >= 0.6 is 11.6 Å². The first-order chi connectivity index (χ1) is 15.2. The molecule has 1 atom stereocenters. The molecule has 2 aliphatic heterocycles. The summed E-state index contributed by atoms with van der Waals surface area (Å²) in [6.07, 6.45) is 1.54. The lowest BCUT2D eigenvalue weighted by molar-refractivity contribution is -0.121. The van der Waals surface area contributed by atoms with Crippen molar-refractivity contribution >= 4 is 44.8 Å². The number of sulfonamides is 1. The fourth-order valence-electron chi connectivity index (χ4n) is 4.53. The van der Waals surface area contributed by atoms with Gasteiger partial charge in [-0.05, 0) is 74.2 Å². The Morgan fingerprint density at radius 2 is 1.72 bits per heavy atom. The van der Waals surface area contributed by atoms with E-state index in [2.05, 4.69) is 5.32 Å². The highest BCUT2D eigenvalue weighted by molar-refractivity contribution is 7.89. The number of anilines is 2. The van der Waals surface area contributed by atoms with Gasteiger partial charge in [-0.2, -0.15) is 4.31 Å². The second-order valence-electron chi connectivity index (χ2n) is 8.41. The van der Waals surface area contributed by atoms with Crippen LogP contribution in [0.15, 0.2) is 47.4 Å². The van der Waals surface area contributed by atoms with Gasteiger partial charge in [-0.15, -0.1) is 0 Å². The number of fused-ring (bicyclic) bond motifs is 1. The number of hydrogen-bond acceptors (Lipinski definition) is 4. The van der Waals surface area contributed by atoms with E-state index in [4.69, 9.17) is 11.6 Å². The third kappa shape index (κ3) is 4.40. The maximum absolute atomic E-state index is 13.2. The Morgan fingerprint density at radius 3 is 2.34 bits per heavy atom. The zero-order valence-corrected chi connectivity index (χ0v) is 19.6. The summed E-state index contributed by atoms with van der Waals surface area (Å²) in [6, 6.07) is 11.9. The van der Waals surface area contributed by atoms with Crippen molar-refractivity contribution in [3.8, 4) is 0 Å². The van der Waals surface area contributed by atoms with Crippen LogP contribution in [0.5, 0.6) is 0 Å². The number of carbonyl (C=O) groups is 2. The van der Waals surface area contributed by atoms with E-state index < -0.39 is 10.0 Å². The second kappa shape index (κ2) is 8.84. The van der Waals surface area contributed by atoms with E-state index in [0.717, 1.165) is 11.3 Å². The van der Waals surface area contributed by atoms with Crippen LogP contribution in [0.1, 0.15) is 32.3 Å². The molecule has 1 saturated heterocycles. The van der Waals surface area contributed by atoms with E-state index in [1.54, 1.807) is 47.4 Å². The molecule has 1 fully saturated rings. The van der Waals surface area contributed by atoms with E-state index in [9.17, 15) is 18.0 Å². The van der Waals surface area contributed by atoms with Gasteiger partial charge in [-0.25, -0.2) is 8.42 Å². The summed E-state index contributed by atoms with van der Waals surface area (Å²) in [4.78, 5) is 26.4. The first-order valence-electron chi connectivity index (χ1n) is 10.7. The highest BCUT2D eigenvalue weighted by atomic mass is 35.5. The molecular formula is C23H26ClN3O4S. The minimum Gasteiger partial charge on any atom is -0.326 e. The molecule has 32 heavy (non-hydrogen) atoms. The Labute approximate surface area is 193 Å². The molecule has 0 spiro atoms. The molecule has 2 aromatic rings. The number of piperidine rings is 1. The molecule has 170 valence electrons. The van der Waals surface area contributed by atoms with Crippen molar-refractivity contribution in [2.24, 2.45) is 5.92 Å². The molecule has 0 bridgehead atoms. The molecule has 1 N–H and O–H groups in total. The highest BCUT2D eigenvalue weighted by Gasteiger charge is 2.34. The Kier molecular flexibility index (Phi) is 6.29. The molecule has 2 amide bonds. The van der Waals surface area contributed by atoms with Gasteiger partial charge < -0.3 is 10.2 Å². The Morgan fingerprint density at radius 1 is 1.06 bits per heavy atom. The zero-order chi connectivity index (χ0) is 23.0. The fourth-order valence-corrected chi connectivity index (χ4v) is 6.18. The predicted octanol–water partition coefficient (Wildman–Crippen LogP) is 3.68. The van der Waals surface area contributed by atoms with Gasteiger partial charge in [0.2, 0.25) is 21.8 Å². The summed E-state index contributed by atoms with van der Waals surface area (Å²) in [7, 11) is -3.67. The first kappa shape index (κ1) is 22.8. The summed E-state index contributed by atoms with van der Waals surface area (Å²) in [5, 5.41) is 3.47. The normalized spacial score (nSPS) is 19.6. The van der Waals surface area contributed by atoms with E-state index in [0.29, 0.717) is 30.0 Å². The molecule has 0 aromatic heterocycles. The molecule has 0 radical (unpaired) electrons. The molecule has 2 aliphatic rings. The Bertz CT molecular complexity index is 1140. The van der Waals surface area contributed by atoms with E-state index in [1.165, 1.54) is 11.2 Å². The quantitative estimate of drug-likeness (QED) is 0.730. The van der Waals surface area contributed by atoms with Crippen molar-refractivity contribution in [3.05, 3.63) is 53.1 Å². The monoisotopic (exact) mass is 475 g/mol. The number of rotatable bonds is 4. The number of halogens is 1. The Hall–Kier alpha value is -2.42. The average molecular weight is 476 g/mol. The molecule has 2 heterocycles. The van der Waals surface area contributed by atoms with Gasteiger partial charge in [0.05, 0.1) is 4.90 Å². The zero-order valence-electron chi connectivity index (χ0n) is 18.0. The molecule has 0 unspecified atom stereocenters. The molecule has 2 aromatic carbocycles. The maximum Gasteiger partial charge on any atom is 0.243 e. The summed E-state index contributed by atoms with van der Waals surface area (Å²) in [5.41, 5.74) is 2.31. The first-order valence-corrected chi connectivity index (χ1v) is 12.5. The lowest BCUT2D eigenvalue weighted by Crippen LogP contribution is -2.41. The van der Waals surface area contributed by atoms with Crippen molar-refractivity contribution in [2.75, 3.05) is 23.3 Å². The van der Waals surface area contributed by atoms with Gasteiger partial charge in [0.15, 0.2) is 0 Å². The summed E-state index contributed by atoms with van der Waals surface area (Å²) < 4.78 is 27.9. The Balaban J connectivity index is 1.42. The van der Waals surface area contributed by atoms with Gasteiger partial charge in [-0.1, -0.05) is 11.6 Å². The summed E-state index contributed by atoms with van der Waals surface area (Å²) in [5.74, 6) is -0.409. The standard InChI is InChI=1S/C23H26ClN3O4S/c1-15-13-18-14-21(7-8-22(18)27(15)16(2)28)32(30,31)26-11-9-17(10-12-26)23(29)25-20-5-3-19(24)4-6-20/h3-8,14-15,17H,9-13H2,1-2H3,(H,25,29)/t15-/m0/s1. The van der Waals surface area contributed by atoms with Crippen LogP contribution in [-0.2, 0) is 26.0 Å². The van der Waals surface area contributed by atoms with Crippen molar-refractivity contribution in [3.63, 3.8) is 0 Å². The van der Waals surface area contributed by atoms with Crippen LogP contribution in [0.4, 0.5) is 11.4 Å². The number of nitrogens with zero attached hydrogens (tertiary/aromatic N) is 2. The third-order valence-corrected chi connectivity index (χ3v) is 8.33. The number of benzene rings is 2. The number of hydrogen-bond donors (Lipinski definition) is 1. The van der Waals surface area contributed by atoms with Gasteiger partial charge in [-0.3, -0.25) is 9.59 Å². The average Bonchev–Trinajstić information content (AvgIpc) is 3.10. The van der Waals surface area contributed by atoms with Crippen LogP contribution in [0.3, 0.4) is 0 Å². The van der Waals surface area contributed by atoms with Gasteiger partial charge in [0.1, 0.15) is 0 Å². The summed E-state index contributed by atoms with van der Waals surface area (Å²) in [6.45, 7) is 4.04. The number of carbonyl (C=O) groups excluding carboxylic acids is 2. The van der Waals surface area contributed by atoms with Crippen molar-refractivity contribution in [1.29, 1.82) is 0 Å². The lowest BCUT2D eigenvalue weighted by Gasteiger charge is -2.30. The highest BCUT2D eigenvalue weighted by Crippen LogP contribution is 2.35. The summed E-state index contributed by atoms with van der Waals surface area (Å²) >= 11 is 5.87. The fraction of sp³-hybridized carbons (Fsp3) is 0.391. The molecule has 4 rings (SSSR count). The van der Waals surface area contributed by atoms with Gasteiger partial charge >= 0.3 is 0 Å². The van der Waals surface area contributed by atoms with Crippen LogP contribution in [-0.4, -0.2) is 43.7 Å². The van der Waals surface area contributed by atoms with Crippen molar-refractivity contribution in [1.82, 2.24) is 4.31 Å². The molecule has 0 aliphatic carbocycles. The largest absolute Gasteiger partial charge is 0.326 e. The van der Waals surface area contributed by atoms with E-state index in [-0.39, 0.29) is 41.8 Å². The van der Waals surface area contributed by atoms with E-state index in [1.807, 2.05) is 6.92 Å². The van der Waals surface area contributed by atoms with Gasteiger partial charge in [0, 0.05) is 48.4 Å². The predicted molar refractivity (Wildman–Crippen MR) is 124 cm³/mol. The molecule has 9 heteroatoms. The van der Waals surface area contributed by atoms with Crippen molar-refractivity contribution < 1.29 is 18.0 Å². The number of nitrogens with one attached hydrogen (secondary N) is 1. The van der Waals surface area contributed by atoms with E-state index >= 15 is 0 Å². The SMILES string of the molecule is CC(=O)N1c2ccc(S(=O)(=O)N3CCC(C(=O)Nc4ccc(Cl)cc4)CC3)cc2C[C@@H]1C. The molecular weight excluding hydrogens is 450 g/mol.